The van der Waals surface area contributed by atoms with Crippen molar-refractivity contribution in [1.29, 1.82) is 0 Å². The molecule has 1 saturated carbocycles. The Morgan fingerprint density at radius 2 is 1.72 bits per heavy atom. The molecule has 0 bridgehead atoms. The lowest BCUT2D eigenvalue weighted by Crippen LogP contribution is -2.44. The van der Waals surface area contributed by atoms with Crippen LogP contribution in [0.3, 0.4) is 0 Å². The fourth-order valence-electron chi connectivity index (χ4n) is 3.07. The summed E-state index contributed by atoms with van der Waals surface area (Å²) in [5, 5.41) is 21.7. The zero-order valence-electron chi connectivity index (χ0n) is 11.8. The van der Waals surface area contributed by atoms with Gasteiger partial charge in [0.15, 0.2) is 0 Å². The van der Waals surface area contributed by atoms with Crippen molar-refractivity contribution in [1.82, 2.24) is 10.2 Å². The van der Waals surface area contributed by atoms with Crippen LogP contribution in [0.15, 0.2) is 0 Å². The van der Waals surface area contributed by atoms with Crippen molar-refractivity contribution in [3.63, 3.8) is 0 Å². The van der Waals surface area contributed by atoms with Gasteiger partial charge in [0.05, 0.1) is 13.2 Å². The predicted molar refractivity (Wildman–Crippen MR) is 74.7 cm³/mol. The van der Waals surface area contributed by atoms with Crippen LogP contribution in [-0.2, 0) is 0 Å². The summed E-state index contributed by atoms with van der Waals surface area (Å²) in [6.07, 6.45) is 6.36. The Hall–Kier alpha value is -0.160. The quantitative estimate of drug-likeness (QED) is 0.508. The Labute approximate surface area is 111 Å². The first-order valence-electron chi connectivity index (χ1n) is 7.41. The first-order valence-corrected chi connectivity index (χ1v) is 7.41. The van der Waals surface area contributed by atoms with Gasteiger partial charge >= 0.3 is 0 Å². The van der Waals surface area contributed by atoms with Gasteiger partial charge in [-0.15, -0.1) is 0 Å². The van der Waals surface area contributed by atoms with Crippen molar-refractivity contribution in [3.8, 4) is 0 Å². The van der Waals surface area contributed by atoms with E-state index in [0.717, 1.165) is 19.6 Å². The molecule has 0 atom stereocenters. The van der Waals surface area contributed by atoms with Gasteiger partial charge in [0, 0.05) is 26.2 Å². The van der Waals surface area contributed by atoms with E-state index in [4.69, 9.17) is 10.2 Å². The average molecular weight is 258 g/mol. The molecule has 4 nitrogen and oxygen atoms in total. The van der Waals surface area contributed by atoms with E-state index < -0.39 is 0 Å². The van der Waals surface area contributed by atoms with Gasteiger partial charge in [-0.1, -0.05) is 19.8 Å². The molecule has 108 valence electrons. The summed E-state index contributed by atoms with van der Waals surface area (Å²) in [5.41, 5.74) is 0.361. The molecule has 0 saturated heterocycles. The van der Waals surface area contributed by atoms with Crippen LogP contribution < -0.4 is 5.32 Å². The summed E-state index contributed by atoms with van der Waals surface area (Å²) >= 11 is 0. The first-order chi connectivity index (χ1) is 8.76. The fourth-order valence-corrected chi connectivity index (χ4v) is 3.07. The maximum atomic E-state index is 9.10. The third-order valence-corrected chi connectivity index (χ3v) is 3.98. The van der Waals surface area contributed by atoms with Crippen molar-refractivity contribution in [2.75, 3.05) is 45.9 Å². The van der Waals surface area contributed by atoms with E-state index in [0.29, 0.717) is 18.5 Å². The van der Waals surface area contributed by atoms with Crippen molar-refractivity contribution < 1.29 is 10.2 Å². The van der Waals surface area contributed by atoms with E-state index in [1.807, 2.05) is 0 Å². The highest BCUT2D eigenvalue weighted by Gasteiger charge is 2.34. The van der Waals surface area contributed by atoms with E-state index in [2.05, 4.69) is 17.1 Å². The molecule has 0 unspecified atom stereocenters. The van der Waals surface area contributed by atoms with E-state index in [9.17, 15) is 0 Å². The van der Waals surface area contributed by atoms with Crippen LogP contribution in [0.4, 0.5) is 0 Å². The van der Waals surface area contributed by atoms with E-state index >= 15 is 0 Å². The summed E-state index contributed by atoms with van der Waals surface area (Å²) in [6.45, 7) is 7.07. The average Bonchev–Trinajstić information content (AvgIpc) is 2.79. The number of aliphatic hydroxyl groups excluding tert-OH is 2. The lowest BCUT2D eigenvalue weighted by atomic mass is 9.85. The van der Waals surface area contributed by atoms with Crippen molar-refractivity contribution >= 4 is 0 Å². The van der Waals surface area contributed by atoms with Crippen LogP contribution in [0, 0.1) is 5.41 Å². The number of nitrogens with one attached hydrogen (secondary N) is 1. The maximum Gasteiger partial charge on any atom is 0.0558 e. The molecule has 18 heavy (non-hydrogen) atoms. The Kier molecular flexibility index (Phi) is 7.82. The standard InChI is InChI=1S/C14H30N2O2/c1-2-7-15-12-14(5-3-4-6-14)13-16(8-10-17)9-11-18/h15,17-18H,2-13H2,1H3. The van der Waals surface area contributed by atoms with Gasteiger partial charge in [-0.05, 0) is 31.2 Å². The highest BCUT2D eigenvalue weighted by molar-refractivity contribution is 4.89. The van der Waals surface area contributed by atoms with Gasteiger partial charge in [-0.2, -0.15) is 0 Å². The van der Waals surface area contributed by atoms with Crippen molar-refractivity contribution in [2.24, 2.45) is 5.41 Å². The molecule has 1 aliphatic rings. The summed E-state index contributed by atoms with van der Waals surface area (Å²) in [4.78, 5) is 2.21. The zero-order chi connectivity index (χ0) is 13.3. The number of nitrogens with zero attached hydrogens (tertiary/aromatic N) is 1. The molecule has 0 radical (unpaired) electrons. The highest BCUT2D eigenvalue weighted by atomic mass is 16.3. The molecule has 0 amide bonds. The molecule has 3 N–H and O–H groups in total. The van der Waals surface area contributed by atoms with Gasteiger partial charge in [-0.25, -0.2) is 0 Å². The third-order valence-electron chi connectivity index (χ3n) is 3.98. The lowest BCUT2D eigenvalue weighted by molar-refractivity contribution is 0.105. The number of rotatable bonds is 10. The molecule has 0 aromatic rings. The summed E-state index contributed by atoms with van der Waals surface area (Å²) < 4.78 is 0. The summed E-state index contributed by atoms with van der Waals surface area (Å²) in [6, 6.07) is 0. The number of aliphatic hydroxyl groups is 2. The zero-order valence-corrected chi connectivity index (χ0v) is 11.8. The molecule has 0 aromatic carbocycles. The van der Waals surface area contributed by atoms with Gasteiger partial charge in [0.2, 0.25) is 0 Å². The summed E-state index contributed by atoms with van der Waals surface area (Å²) in [7, 11) is 0. The molecule has 0 aromatic heterocycles. The molecular formula is C14H30N2O2. The largest absolute Gasteiger partial charge is 0.395 e. The Morgan fingerprint density at radius 3 is 2.22 bits per heavy atom. The molecule has 1 fully saturated rings. The Morgan fingerprint density at radius 1 is 1.11 bits per heavy atom. The van der Waals surface area contributed by atoms with E-state index in [-0.39, 0.29) is 13.2 Å². The van der Waals surface area contributed by atoms with Gasteiger partial charge in [0.25, 0.3) is 0 Å². The van der Waals surface area contributed by atoms with Crippen molar-refractivity contribution in [2.45, 2.75) is 39.0 Å². The highest BCUT2D eigenvalue weighted by Crippen LogP contribution is 2.38. The monoisotopic (exact) mass is 258 g/mol. The third kappa shape index (κ3) is 5.22. The topological polar surface area (TPSA) is 55.7 Å². The molecular weight excluding hydrogens is 228 g/mol. The van der Waals surface area contributed by atoms with Gasteiger partial charge in [0.1, 0.15) is 0 Å². The van der Waals surface area contributed by atoms with Crippen molar-refractivity contribution in [3.05, 3.63) is 0 Å². The van der Waals surface area contributed by atoms with Crippen LogP contribution in [-0.4, -0.2) is 61.1 Å². The Balaban J connectivity index is 2.48. The maximum absolute atomic E-state index is 9.10. The second-order valence-corrected chi connectivity index (χ2v) is 5.61. The first kappa shape index (κ1) is 15.9. The normalized spacial score (nSPS) is 18.7. The predicted octanol–water partition coefficient (Wildman–Crippen LogP) is 0.833. The number of hydrogen-bond donors (Lipinski definition) is 3. The molecule has 0 aliphatic heterocycles. The van der Waals surface area contributed by atoms with Gasteiger partial charge < -0.3 is 15.5 Å². The van der Waals surface area contributed by atoms with Crippen LogP contribution in [0.2, 0.25) is 0 Å². The fraction of sp³-hybridized carbons (Fsp3) is 1.00. The molecule has 1 rings (SSSR count). The Bertz CT molecular complexity index is 200. The van der Waals surface area contributed by atoms with Crippen LogP contribution >= 0.6 is 0 Å². The second kappa shape index (κ2) is 8.86. The van der Waals surface area contributed by atoms with Gasteiger partial charge in [-0.3, -0.25) is 4.90 Å². The van der Waals surface area contributed by atoms with Crippen LogP contribution in [0.5, 0.6) is 0 Å². The van der Waals surface area contributed by atoms with Crippen LogP contribution in [0.25, 0.3) is 0 Å². The SMILES string of the molecule is CCCNCC1(CN(CCO)CCO)CCCC1. The number of hydrogen-bond acceptors (Lipinski definition) is 4. The molecule has 1 aliphatic carbocycles. The van der Waals surface area contributed by atoms with E-state index in [1.165, 1.54) is 32.1 Å². The second-order valence-electron chi connectivity index (χ2n) is 5.61. The molecule has 0 heterocycles. The summed E-state index contributed by atoms with van der Waals surface area (Å²) in [5.74, 6) is 0. The minimum absolute atomic E-state index is 0.179. The molecule has 4 heteroatoms. The van der Waals surface area contributed by atoms with Crippen LogP contribution in [0.1, 0.15) is 39.0 Å². The minimum Gasteiger partial charge on any atom is -0.395 e. The minimum atomic E-state index is 0.179. The lowest BCUT2D eigenvalue weighted by Gasteiger charge is -2.35. The molecule has 0 spiro atoms. The van der Waals surface area contributed by atoms with E-state index in [1.54, 1.807) is 0 Å². The smallest absolute Gasteiger partial charge is 0.0558 e.